The Hall–Kier alpha value is -2.60. The molecular weight excluding hydrogens is 334 g/mol. The van der Waals surface area contributed by atoms with Gasteiger partial charge in [0, 0.05) is 5.02 Å². The normalized spacial score (nSPS) is 14.8. The van der Waals surface area contributed by atoms with Crippen molar-refractivity contribution in [2.75, 3.05) is 7.11 Å². The van der Waals surface area contributed by atoms with Crippen LogP contribution in [0.1, 0.15) is 18.4 Å². The fourth-order valence-corrected chi connectivity index (χ4v) is 2.68. The predicted molar refractivity (Wildman–Crippen MR) is 87.6 cm³/mol. The maximum absolute atomic E-state index is 12.6. The van der Waals surface area contributed by atoms with Crippen LogP contribution >= 0.6 is 11.6 Å². The number of benzene rings is 2. The number of hydrogen-bond donors (Lipinski definition) is 0. The number of rotatable bonds is 5. The van der Waals surface area contributed by atoms with Crippen molar-refractivity contribution in [2.45, 2.75) is 18.3 Å². The fourth-order valence-electron chi connectivity index (χ4n) is 2.56. The van der Waals surface area contributed by atoms with Crippen molar-refractivity contribution >= 4 is 23.3 Å². The summed E-state index contributed by atoms with van der Waals surface area (Å²) in [6.45, 7) is 0. The van der Waals surface area contributed by atoms with Gasteiger partial charge in [-0.3, -0.25) is 14.9 Å². The van der Waals surface area contributed by atoms with Crippen LogP contribution < -0.4 is 9.47 Å². The molecule has 24 heavy (non-hydrogen) atoms. The van der Waals surface area contributed by atoms with Gasteiger partial charge in [-0.1, -0.05) is 23.7 Å². The number of nitro benzene ring substituents is 1. The second kappa shape index (κ2) is 6.13. The van der Waals surface area contributed by atoms with Crippen LogP contribution in [0.5, 0.6) is 11.5 Å². The summed E-state index contributed by atoms with van der Waals surface area (Å²) in [5.41, 5.74) is -0.263. The van der Waals surface area contributed by atoms with E-state index in [4.69, 9.17) is 21.1 Å². The topological polar surface area (TPSA) is 78.7 Å². The van der Waals surface area contributed by atoms with Crippen molar-refractivity contribution in [1.82, 2.24) is 0 Å². The summed E-state index contributed by atoms with van der Waals surface area (Å²) in [5, 5.41) is 11.8. The van der Waals surface area contributed by atoms with E-state index in [9.17, 15) is 14.9 Å². The quantitative estimate of drug-likeness (QED) is 0.355. The highest BCUT2D eigenvalue weighted by Gasteiger charge is 2.53. The Morgan fingerprint density at radius 3 is 2.42 bits per heavy atom. The SMILES string of the molecule is COc1ccc(OC(=O)C2(c3ccc(Cl)cc3)CC2)c([N+](=O)[O-])c1. The molecule has 0 radical (unpaired) electrons. The number of carbonyl (C=O) groups is 1. The zero-order chi connectivity index (χ0) is 17.3. The van der Waals surface area contributed by atoms with E-state index in [1.807, 2.05) is 0 Å². The second-order valence-corrected chi connectivity index (χ2v) is 6.01. The van der Waals surface area contributed by atoms with Gasteiger partial charge in [0.15, 0.2) is 0 Å². The fraction of sp³-hybridized carbons (Fsp3) is 0.235. The van der Waals surface area contributed by atoms with Crippen molar-refractivity contribution in [3.8, 4) is 11.5 Å². The summed E-state index contributed by atoms with van der Waals surface area (Å²) in [7, 11) is 1.41. The van der Waals surface area contributed by atoms with Crippen LogP contribution in [-0.4, -0.2) is 18.0 Å². The Kier molecular flexibility index (Phi) is 4.15. The monoisotopic (exact) mass is 347 g/mol. The highest BCUT2D eigenvalue weighted by molar-refractivity contribution is 6.30. The average molecular weight is 348 g/mol. The molecule has 0 aliphatic heterocycles. The zero-order valence-corrected chi connectivity index (χ0v) is 13.6. The van der Waals surface area contributed by atoms with Gasteiger partial charge in [0.2, 0.25) is 5.75 Å². The predicted octanol–water partition coefficient (Wildman–Crippen LogP) is 3.89. The molecule has 1 aliphatic carbocycles. The van der Waals surface area contributed by atoms with E-state index in [0.717, 1.165) is 5.56 Å². The van der Waals surface area contributed by atoms with Crippen LogP contribution in [0.4, 0.5) is 5.69 Å². The minimum absolute atomic E-state index is 0.0916. The molecule has 0 atom stereocenters. The van der Waals surface area contributed by atoms with E-state index in [1.54, 1.807) is 24.3 Å². The Bertz CT molecular complexity index is 799. The van der Waals surface area contributed by atoms with Gasteiger partial charge in [-0.25, -0.2) is 0 Å². The third-order valence-corrected chi connectivity index (χ3v) is 4.35. The van der Waals surface area contributed by atoms with Gasteiger partial charge in [-0.05, 0) is 42.7 Å². The molecule has 1 saturated carbocycles. The number of methoxy groups -OCH3 is 1. The van der Waals surface area contributed by atoms with Crippen molar-refractivity contribution in [3.05, 3.63) is 63.2 Å². The molecule has 0 spiro atoms. The van der Waals surface area contributed by atoms with Crippen molar-refractivity contribution < 1.29 is 19.2 Å². The molecule has 0 N–H and O–H groups in total. The number of esters is 1. The summed E-state index contributed by atoms with van der Waals surface area (Å²) in [4.78, 5) is 23.2. The van der Waals surface area contributed by atoms with E-state index in [-0.39, 0.29) is 11.4 Å². The van der Waals surface area contributed by atoms with Gasteiger partial charge in [-0.15, -0.1) is 0 Å². The first kappa shape index (κ1) is 16.3. The molecule has 3 rings (SSSR count). The molecule has 6 nitrogen and oxygen atoms in total. The highest BCUT2D eigenvalue weighted by Crippen LogP contribution is 2.50. The van der Waals surface area contributed by atoms with E-state index in [2.05, 4.69) is 0 Å². The lowest BCUT2D eigenvalue weighted by Gasteiger charge is -2.15. The number of hydrogen-bond acceptors (Lipinski definition) is 5. The summed E-state index contributed by atoms with van der Waals surface area (Å²) >= 11 is 5.87. The molecule has 2 aromatic carbocycles. The Labute approximate surface area is 143 Å². The molecule has 0 heterocycles. The van der Waals surface area contributed by atoms with Crippen LogP contribution in [-0.2, 0) is 10.2 Å². The Morgan fingerprint density at radius 2 is 1.88 bits per heavy atom. The molecule has 0 unspecified atom stereocenters. The third-order valence-electron chi connectivity index (χ3n) is 4.10. The number of nitro groups is 1. The van der Waals surface area contributed by atoms with Crippen molar-refractivity contribution in [2.24, 2.45) is 0 Å². The summed E-state index contributed by atoms with van der Waals surface area (Å²) in [6.07, 6.45) is 1.27. The van der Waals surface area contributed by atoms with Crippen LogP contribution in [0, 0.1) is 10.1 Å². The van der Waals surface area contributed by atoms with Gasteiger partial charge < -0.3 is 9.47 Å². The van der Waals surface area contributed by atoms with E-state index in [1.165, 1.54) is 25.3 Å². The van der Waals surface area contributed by atoms with Crippen LogP contribution in [0.15, 0.2) is 42.5 Å². The molecule has 0 amide bonds. The molecular formula is C17H14ClNO5. The first-order valence-electron chi connectivity index (χ1n) is 7.27. The van der Waals surface area contributed by atoms with E-state index in [0.29, 0.717) is 23.6 Å². The summed E-state index contributed by atoms with van der Waals surface area (Å²) < 4.78 is 10.3. The summed E-state index contributed by atoms with van der Waals surface area (Å²) in [5.74, 6) is -0.274. The van der Waals surface area contributed by atoms with E-state index >= 15 is 0 Å². The lowest BCUT2D eigenvalue weighted by molar-refractivity contribution is -0.385. The van der Waals surface area contributed by atoms with Gasteiger partial charge in [0.1, 0.15) is 5.75 Å². The number of halogens is 1. The Balaban J connectivity index is 1.87. The molecule has 124 valence electrons. The summed E-state index contributed by atoms with van der Waals surface area (Å²) in [6, 6.07) is 11.1. The smallest absolute Gasteiger partial charge is 0.322 e. The van der Waals surface area contributed by atoms with Gasteiger partial charge in [-0.2, -0.15) is 0 Å². The van der Waals surface area contributed by atoms with Crippen LogP contribution in [0.2, 0.25) is 5.02 Å². The molecule has 0 saturated heterocycles. The lowest BCUT2D eigenvalue weighted by Crippen LogP contribution is -2.26. The zero-order valence-electron chi connectivity index (χ0n) is 12.8. The highest BCUT2D eigenvalue weighted by atomic mass is 35.5. The second-order valence-electron chi connectivity index (χ2n) is 5.57. The first-order chi connectivity index (χ1) is 11.5. The van der Waals surface area contributed by atoms with Crippen LogP contribution in [0.25, 0.3) is 0 Å². The van der Waals surface area contributed by atoms with Crippen molar-refractivity contribution in [1.29, 1.82) is 0 Å². The maximum atomic E-state index is 12.6. The molecule has 0 bridgehead atoms. The van der Waals surface area contributed by atoms with Crippen LogP contribution in [0.3, 0.4) is 0 Å². The van der Waals surface area contributed by atoms with E-state index < -0.39 is 16.3 Å². The minimum Gasteiger partial charge on any atom is -0.496 e. The standard InChI is InChI=1S/C17H14ClNO5/c1-23-13-6-7-15(14(10-13)19(21)22)24-16(20)17(8-9-17)11-2-4-12(18)5-3-11/h2-7,10H,8-9H2,1H3. The molecule has 7 heteroatoms. The first-order valence-corrected chi connectivity index (χ1v) is 7.65. The third kappa shape index (κ3) is 2.92. The molecule has 0 aromatic heterocycles. The molecule has 2 aromatic rings. The average Bonchev–Trinajstić information content (AvgIpc) is 3.37. The largest absolute Gasteiger partial charge is 0.496 e. The number of nitrogens with zero attached hydrogens (tertiary/aromatic N) is 1. The van der Waals surface area contributed by atoms with Gasteiger partial charge in [0.05, 0.1) is 23.5 Å². The minimum atomic E-state index is -0.752. The Morgan fingerprint density at radius 1 is 1.21 bits per heavy atom. The van der Waals surface area contributed by atoms with Gasteiger partial charge >= 0.3 is 11.7 Å². The van der Waals surface area contributed by atoms with Gasteiger partial charge in [0.25, 0.3) is 0 Å². The number of carbonyl (C=O) groups excluding carboxylic acids is 1. The lowest BCUT2D eigenvalue weighted by atomic mass is 9.96. The molecule has 1 aliphatic rings. The van der Waals surface area contributed by atoms with Crippen molar-refractivity contribution in [3.63, 3.8) is 0 Å². The number of ether oxygens (including phenoxy) is 2. The maximum Gasteiger partial charge on any atom is 0.322 e. The molecule has 1 fully saturated rings.